The van der Waals surface area contributed by atoms with Crippen LogP contribution < -0.4 is 5.73 Å². The van der Waals surface area contributed by atoms with Gasteiger partial charge >= 0.3 is 0 Å². The van der Waals surface area contributed by atoms with Crippen molar-refractivity contribution in [2.24, 2.45) is 28.9 Å². The Morgan fingerprint density at radius 2 is 2.17 bits per heavy atom. The summed E-state index contributed by atoms with van der Waals surface area (Å²) in [7, 11) is 0. The van der Waals surface area contributed by atoms with Crippen LogP contribution in [0.4, 0.5) is 0 Å². The fourth-order valence-electron chi connectivity index (χ4n) is 2.37. The summed E-state index contributed by atoms with van der Waals surface area (Å²) in [5.74, 6) is 2.89. The van der Waals surface area contributed by atoms with Gasteiger partial charge in [-0.3, -0.25) is 0 Å². The summed E-state index contributed by atoms with van der Waals surface area (Å²) in [6.07, 6.45) is 2.86. The molecule has 2 aliphatic carbocycles. The summed E-state index contributed by atoms with van der Waals surface area (Å²) in [5.41, 5.74) is 7.29. The van der Waals surface area contributed by atoms with E-state index in [-0.39, 0.29) is 5.41 Å². The zero-order valence-electron chi connectivity index (χ0n) is 8.14. The van der Waals surface area contributed by atoms with E-state index in [1.165, 1.54) is 18.4 Å². The van der Waals surface area contributed by atoms with Crippen molar-refractivity contribution < 1.29 is 0 Å². The zero-order valence-corrected chi connectivity index (χ0v) is 8.14. The van der Waals surface area contributed by atoms with Gasteiger partial charge in [0.25, 0.3) is 0 Å². The highest BCUT2D eigenvalue weighted by atomic mass is 14.6. The molecule has 2 aliphatic rings. The number of rotatable bonds is 3. The lowest BCUT2D eigenvalue weighted by atomic mass is 9.70. The molecule has 0 spiro atoms. The van der Waals surface area contributed by atoms with Crippen molar-refractivity contribution in [1.82, 2.24) is 0 Å². The second-order valence-corrected chi connectivity index (χ2v) is 5.12. The first-order chi connectivity index (χ1) is 5.56. The summed E-state index contributed by atoms with van der Waals surface area (Å²) >= 11 is 0. The van der Waals surface area contributed by atoms with Gasteiger partial charge in [-0.2, -0.15) is 0 Å². The van der Waals surface area contributed by atoms with E-state index in [0.29, 0.717) is 0 Å². The second kappa shape index (κ2) is 2.35. The van der Waals surface area contributed by atoms with Crippen molar-refractivity contribution in [3.05, 3.63) is 12.2 Å². The fraction of sp³-hybridized carbons (Fsp3) is 0.818. The predicted octanol–water partition coefficient (Wildman–Crippen LogP) is 2.18. The minimum atomic E-state index is 0.165. The first-order valence-corrected chi connectivity index (χ1v) is 4.95. The Labute approximate surface area is 75.0 Å². The van der Waals surface area contributed by atoms with Crippen LogP contribution in [0, 0.1) is 23.2 Å². The van der Waals surface area contributed by atoms with Crippen molar-refractivity contribution in [2.75, 3.05) is 6.54 Å². The van der Waals surface area contributed by atoms with Gasteiger partial charge in [-0.05, 0) is 36.0 Å². The third-order valence-electron chi connectivity index (χ3n) is 3.88. The van der Waals surface area contributed by atoms with E-state index in [0.717, 1.165) is 24.3 Å². The molecule has 0 aromatic heterocycles. The van der Waals surface area contributed by atoms with Gasteiger partial charge < -0.3 is 5.73 Å². The number of hydrogen-bond donors (Lipinski definition) is 1. The highest BCUT2D eigenvalue weighted by molar-refractivity contribution is 5.22. The Morgan fingerprint density at radius 1 is 1.50 bits per heavy atom. The van der Waals surface area contributed by atoms with Crippen LogP contribution in [0.5, 0.6) is 0 Å². The van der Waals surface area contributed by atoms with Crippen molar-refractivity contribution >= 4 is 0 Å². The molecule has 2 N–H and O–H groups in total. The maximum atomic E-state index is 5.72. The highest BCUT2D eigenvalue weighted by Crippen LogP contribution is 2.63. The first-order valence-electron chi connectivity index (χ1n) is 4.95. The number of nitrogens with two attached hydrogens (primary N) is 1. The third kappa shape index (κ3) is 1.03. The molecule has 0 amide bonds. The SMILES string of the molecule is C=C(C1CC2C[C@@H]21)C(C)(C)CN. The van der Waals surface area contributed by atoms with Crippen LogP contribution >= 0.6 is 0 Å². The molecule has 68 valence electrons. The molecule has 2 saturated carbocycles. The molecule has 1 heteroatoms. The Morgan fingerprint density at radius 3 is 2.50 bits per heavy atom. The summed E-state index contributed by atoms with van der Waals surface area (Å²) < 4.78 is 0. The van der Waals surface area contributed by atoms with Crippen LogP contribution in [-0.2, 0) is 0 Å². The van der Waals surface area contributed by atoms with Crippen LogP contribution in [0.3, 0.4) is 0 Å². The summed E-state index contributed by atoms with van der Waals surface area (Å²) in [6.45, 7) is 9.38. The van der Waals surface area contributed by atoms with Gasteiger partial charge in [0.05, 0.1) is 0 Å². The normalized spacial score (nSPS) is 38.4. The zero-order chi connectivity index (χ0) is 8.93. The van der Waals surface area contributed by atoms with Crippen LogP contribution in [0.1, 0.15) is 26.7 Å². The van der Waals surface area contributed by atoms with E-state index in [2.05, 4.69) is 20.4 Å². The molecule has 3 atom stereocenters. The molecular weight excluding hydrogens is 146 g/mol. The van der Waals surface area contributed by atoms with E-state index in [9.17, 15) is 0 Å². The minimum Gasteiger partial charge on any atom is -0.330 e. The van der Waals surface area contributed by atoms with Crippen molar-refractivity contribution in [3.63, 3.8) is 0 Å². The summed E-state index contributed by atoms with van der Waals surface area (Å²) in [4.78, 5) is 0. The van der Waals surface area contributed by atoms with E-state index >= 15 is 0 Å². The molecular formula is C11H19N. The molecule has 0 heterocycles. The van der Waals surface area contributed by atoms with Crippen molar-refractivity contribution in [3.8, 4) is 0 Å². The molecule has 0 saturated heterocycles. The second-order valence-electron chi connectivity index (χ2n) is 5.12. The molecule has 2 rings (SSSR count). The fourth-order valence-corrected chi connectivity index (χ4v) is 2.37. The van der Waals surface area contributed by atoms with Gasteiger partial charge in [-0.15, -0.1) is 0 Å². The summed E-state index contributed by atoms with van der Waals surface area (Å²) in [6, 6.07) is 0. The smallest absolute Gasteiger partial charge is 0.00116 e. The van der Waals surface area contributed by atoms with E-state index in [4.69, 9.17) is 5.73 Å². The van der Waals surface area contributed by atoms with Gasteiger partial charge in [0, 0.05) is 6.54 Å². The first kappa shape index (κ1) is 8.31. The molecule has 0 aromatic carbocycles. The third-order valence-corrected chi connectivity index (χ3v) is 3.88. The number of fused-ring (bicyclic) bond motifs is 1. The van der Waals surface area contributed by atoms with E-state index in [1.807, 2.05) is 0 Å². The Balaban J connectivity index is 1.99. The largest absolute Gasteiger partial charge is 0.330 e. The maximum absolute atomic E-state index is 5.72. The van der Waals surface area contributed by atoms with Gasteiger partial charge in [0.15, 0.2) is 0 Å². The minimum absolute atomic E-state index is 0.165. The van der Waals surface area contributed by atoms with Crippen LogP contribution in [0.2, 0.25) is 0 Å². The van der Waals surface area contributed by atoms with Crippen LogP contribution in [0.15, 0.2) is 12.2 Å². The van der Waals surface area contributed by atoms with E-state index in [1.54, 1.807) is 0 Å². The predicted molar refractivity (Wildman–Crippen MR) is 51.7 cm³/mol. The average molecular weight is 165 g/mol. The molecule has 12 heavy (non-hydrogen) atoms. The highest BCUT2D eigenvalue weighted by Gasteiger charge is 2.55. The standard InChI is InChI=1S/C11H19N/c1-7(11(2,3)6-12)9-4-8-5-10(8)9/h8-10H,1,4-6,12H2,2-3H3/t8?,9?,10-/m0/s1. The number of hydrogen-bond acceptors (Lipinski definition) is 1. The Bertz CT molecular complexity index is 217. The molecule has 0 aliphatic heterocycles. The van der Waals surface area contributed by atoms with Gasteiger partial charge in [-0.25, -0.2) is 0 Å². The van der Waals surface area contributed by atoms with Gasteiger partial charge in [0.1, 0.15) is 0 Å². The quantitative estimate of drug-likeness (QED) is 0.637. The molecule has 2 fully saturated rings. The maximum Gasteiger partial charge on any atom is 0.00116 e. The Hall–Kier alpha value is -0.300. The molecule has 1 nitrogen and oxygen atoms in total. The van der Waals surface area contributed by atoms with Crippen LogP contribution in [-0.4, -0.2) is 6.54 Å². The average Bonchev–Trinajstić information content (AvgIpc) is 2.61. The molecule has 0 radical (unpaired) electrons. The molecule has 2 unspecified atom stereocenters. The van der Waals surface area contributed by atoms with Gasteiger partial charge in [0.2, 0.25) is 0 Å². The van der Waals surface area contributed by atoms with Crippen molar-refractivity contribution in [1.29, 1.82) is 0 Å². The molecule has 0 aromatic rings. The lowest BCUT2D eigenvalue weighted by Gasteiger charge is -2.36. The molecule has 0 bridgehead atoms. The van der Waals surface area contributed by atoms with Crippen molar-refractivity contribution in [2.45, 2.75) is 26.7 Å². The van der Waals surface area contributed by atoms with Gasteiger partial charge in [-0.1, -0.05) is 26.0 Å². The Kier molecular flexibility index (Phi) is 1.63. The monoisotopic (exact) mass is 165 g/mol. The lowest BCUT2D eigenvalue weighted by molar-refractivity contribution is 0.278. The van der Waals surface area contributed by atoms with Crippen LogP contribution in [0.25, 0.3) is 0 Å². The topological polar surface area (TPSA) is 26.0 Å². The lowest BCUT2D eigenvalue weighted by Crippen LogP contribution is -2.32. The van der Waals surface area contributed by atoms with E-state index < -0.39 is 0 Å². The summed E-state index contributed by atoms with van der Waals surface area (Å²) in [5, 5.41) is 0.